The number of aromatic nitrogens is 1. The van der Waals surface area contributed by atoms with Crippen molar-refractivity contribution >= 4 is 17.2 Å². The van der Waals surface area contributed by atoms with Gasteiger partial charge in [0, 0.05) is 30.6 Å². The lowest BCUT2D eigenvalue weighted by molar-refractivity contribution is -0.127. The highest BCUT2D eigenvalue weighted by atomic mass is 32.1. The Morgan fingerprint density at radius 1 is 1.50 bits per heavy atom. The zero-order valence-electron chi connectivity index (χ0n) is 13.3. The van der Waals surface area contributed by atoms with Gasteiger partial charge in [-0.15, -0.1) is 11.3 Å². The molecule has 2 aliphatic rings. The van der Waals surface area contributed by atoms with Crippen molar-refractivity contribution in [2.24, 2.45) is 5.41 Å². The van der Waals surface area contributed by atoms with E-state index in [1.165, 1.54) is 24.2 Å². The molecule has 5 nitrogen and oxygen atoms in total. The lowest BCUT2D eigenvalue weighted by Gasteiger charge is -2.54. The van der Waals surface area contributed by atoms with Gasteiger partial charge in [-0.2, -0.15) is 0 Å². The summed E-state index contributed by atoms with van der Waals surface area (Å²) in [5, 5.41) is 5.84. The van der Waals surface area contributed by atoms with Gasteiger partial charge in [-0.05, 0) is 26.2 Å². The minimum Gasteiger partial charge on any atom is -0.378 e. The summed E-state index contributed by atoms with van der Waals surface area (Å²) in [6, 6.07) is 0.228. The third-order valence-electron chi connectivity index (χ3n) is 5.04. The molecule has 1 spiro atoms. The molecule has 22 heavy (non-hydrogen) atoms. The number of ether oxygens (including phenoxy) is 2. The molecule has 1 aromatic heterocycles. The van der Waals surface area contributed by atoms with Gasteiger partial charge < -0.3 is 14.8 Å². The topological polar surface area (TPSA) is 60.5 Å². The van der Waals surface area contributed by atoms with Gasteiger partial charge in [0.2, 0.25) is 0 Å². The molecule has 1 N–H and O–H groups in total. The van der Waals surface area contributed by atoms with Crippen LogP contribution in [0.4, 0.5) is 0 Å². The first-order chi connectivity index (χ1) is 10.7. The fourth-order valence-electron chi connectivity index (χ4n) is 3.93. The van der Waals surface area contributed by atoms with E-state index in [4.69, 9.17) is 9.47 Å². The first kappa shape index (κ1) is 15.9. The summed E-state index contributed by atoms with van der Waals surface area (Å²) in [6.07, 6.45) is 6.04. The fraction of sp³-hybridized carbons (Fsp3) is 0.750. The van der Waals surface area contributed by atoms with Gasteiger partial charge in [-0.1, -0.05) is 12.8 Å². The molecule has 0 saturated heterocycles. The normalized spacial score (nSPS) is 26.1. The average Bonchev–Trinajstić information content (AvgIpc) is 3.17. The van der Waals surface area contributed by atoms with E-state index in [0.29, 0.717) is 18.4 Å². The van der Waals surface area contributed by atoms with Crippen LogP contribution in [-0.2, 0) is 16.1 Å². The number of hydrogen-bond acceptors (Lipinski definition) is 5. The molecule has 122 valence electrons. The van der Waals surface area contributed by atoms with Crippen LogP contribution in [-0.4, -0.2) is 36.8 Å². The van der Waals surface area contributed by atoms with Gasteiger partial charge in [-0.3, -0.25) is 4.79 Å². The monoisotopic (exact) mass is 324 g/mol. The van der Waals surface area contributed by atoms with Crippen molar-refractivity contribution in [2.75, 3.05) is 13.7 Å². The number of nitrogens with one attached hydrogen (secondary N) is 1. The van der Waals surface area contributed by atoms with Gasteiger partial charge in [0.15, 0.2) is 0 Å². The van der Waals surface area contributed by atoms with Gasteiger partial charge in [0.05, 0.1) is 12.7 Å². The molecule has 0 bridgehead atoms. The van der Waals surface area contributed by atoms with Gasteiger partial charge in [0.25, 0.3) is 5.91 Å². The second-order valence-electron chi connectivity index (χ2n) is 6.21. The van der Waals surface area contributed by atoms with Crippen LogP contribution < -0.4 is 5.32 Å². The summed E-state index contributed by atoms with van der Waals surface area (Å²) in [4.78, 5) is 16.8. The molecular weight excluding hydrogens is 300 g/mol. The Balaban J connectivity index is 1.63. The van der Waals surface area contributed by atoms with Crippen LogP contribution in [0.15, 0.2) is 5.38 Å². The lowest BCUT2D eigenvalue weighted by atomic mass is 9.60. The quantitative estimate of drug-likeness (QED) is 0.874. The minimum atomic E-state index is -0.0650. The number of carbonyl (C=O) groups excluding carboxylic acids is 1. The maximum atomic E-state index is 12.4. The highest BCUT2D eigenvalue weighted by molar-refractivity contribution is 7.09. The van der Waals surface area contributed by atoms with Crippen molar-refractivity contribution in [3.05, 3.63) is 16.1 Å². The molecule has 2 fully saturated rings. The molecule has 0 aromatic carbocycles. The maximum Gasteiger partial charge on any atom is 0.271 e. The van der Waals surface area contributed by atoms with Crippen molar-refractivity contribution in [2.45, 2.75) is 57.8 Å². The number of methoxy groups -OCH3 is 1. The van der Waals surface area contributed by atoms with E-state index < -0.39 is 0 Å². The summed E-state index contributed by atoms with van der Waals surface area (Å²) in [5.41, 5.74) is 0.668. The van der Waals surface area contributed by atoms with Gasteiger partial charge >= 0.3 is 0 Å². The van der Waals surface area contributed by atoms with Crippen LogP contribution in [0.3, 0.4) is 0 Å². The van der Waals surface area contributed by atoms with E-state index in [-0.39, 0.29) is 17.4 Å². The Morgan fingerprint density at radius 3 is 2.95 bits per heavy atom. The summed E-state index contributed by atoms with van der Waals surface area (Å²) in [7, 11) is 1.63. The molecule has 2 saturated carbocycles. The lowest BCUT2D eigenvalue weighted by Crippen LogP contribution is -2.63. The van der Waals surface area contributed by atoms with Crippen LogP contribution in [0.5, 0.6) is 0 Å². The Bertz CT molecular complexity index is 525. The molecular formula is C16H24N2O3S. The highest BCUT2D eigenvalue weighted by Gasteiger charge is 2.57. The molecule has 0 radical (unpaired) electrons. The molecule has 1 aromatic rings. The standard InChI is InChI=1S/C16H24N2O3S/c1-3-21-13-8-12(16(13)6-4-5-7-16)18-15(19)11-10-22-14(17-11)9-20-2/h10,12-13H,3-9H2,1-2H3,(H,18,19)/t12-,13+/m0/s1. The highest BCUT2D eigenvalue weighted by Crippen LogP contribution is 2.54. The predicted molar refractivity (Wildman–Crippen MR) is 85.0 cm³/mol. The van der Waals surface area contributed by atoms with Crippen molar-refractivity contribution in [1.82, 2.24) is 10.3 Å². The predicted octanol–water partition coefficient (Wildman–Crippen LogP) is 2.76. The zero-order chi connectivity index (χ0) is 15.6. The Hall–Kier alpha value is -0.980. The smallest absolute Gasteiger partial charge is 0.271 e. The van der Waals surface area contributed by atoms with Crippen LogP contribution >= 0.6 is 11.3 Å². The van der Waals surface area contributed by atoms with E-state index in [1.54, 1.807) is 7.11 Å². The summed E-state index contributed by atoms with van der Waals surface area (Å²) < 4.78 is 10.9. The summed E-state index contributed by atoms with van der Waals surface area (Å²) in [6.45, 7) is 3.25. The number of thiazole rings is 1. The molecule has 1 amide bonds. The molecule has 2 atom stereocenters. The second-order valence-corrected chi connectivity index (χ2v) is 7.15. The zero-order valence-corrected chi connectivity index (χ0v) is 14.1. The van der Waals surface area contributed by atoms with Crippen LogP contribution in [0.1, 0.15) is 54.5 Å². The third kappa shape index (κ3) is 2.79. The van der Waals surface area contributed by atoms with Crippen molar-refractivity contribution in [3.8, 4) is 0 Å². The Kier molecular flexibility index (Phi) is 4.80. The number of nitrogens with zero attached hydrogens (tertiary/aromatic N) is 1. The fourth-order valence-corrected chi connectivity index (χ4v) is 4.67. The third-order valence-corrected chi connectivity index (χ3v) is 5.87. The van der Waals surface area contributed by atoms with E-state index in [1.807, 2.05) is 12.3 Å². The van der Waals surface area contributed by atoms with Crippen LogP contribution in [0, 0.1) is 5.41 Å². The minimum absolute atomic E-state index is 0.0650. The van der Waals surface area contributed by atoms with E-state index in [9.17, 15) is 4.79 Å². The second kappa shape index (κ2) is 6.64. The first-order valence-electron chi connectivity index (χ1n) is 8.05. The van der Waals surface area contributed by atoms with Gasteiger partial charge in [-0.25, -0.2) is 4.98 Å². The maximum absolute atomic E-state index is 12.4. The molecule has 3 rings (SSSR count). The van der Waals surface area contributed by atoms with Gasteiger partial charge in [0.1, 0.15) is 10.7 Å². The van der Waals surface area contributed by atoms with Crippen LogP contribution in [0.2, 0.25) is 0 Å². The SMILES string of the molecule is CCO[C@@H]1C[C@H](NC(=O)c2csc(COC)n2)C12CCCC2. The number of amides is 1. The van der Waals surface area contributed by atoms with E-state index in [0.717, 1.165) is 30.9 Å². The summed E-state index contributed by atoms with van der Waals surface area (Å²) in [5.74, 6) is -0.0650. The molecule has 1 heterocycles. The molecule has 2 aliphatic carbocycles. The largest absolute Gasteiger partial charge is 0.378 e. The molecule has 0 unspecified atom stereocenters. The van der Waals surface area contributed by atoms with Crippen molar-refractivity contribution in [3.63, 3.8) is 0 Å². The number of carbonyl (C=O) groups is 1. The van der Waals surface area contributed by atoms with Crippen molar-refractivity contribution in [1.29, 1.82) is 0 Å². The Labute approximate surface area is 135 Å². The number of hydrogen-bond donors (Lipinski definition) is 1. The van der Waals surface area contributed by atoms with Crippen LogP contribution in [0.25, 0.3) is 0 Å². The van der Waals surface area contributed by atoms with Crippen molar-refractivity contribution < 1.29 is 14.3 Å². The first-order valence-corrected chi connectivity index (χ1v) is 8.93. The molecule has 6 heteroatoms. The average molecular weight is 324 g/mol. The van der Waals surface area contributed by atoms with E-state index >= 15 is 0 Å². The Morgan fingerprint density at radius 2 is 2.27 bits per heavy atom. The summed E-state index contributed by atoms with van der Waals surface area (Å²) >= 11 is 1.47. The molecule has 0 aliphatic heterocycles. The number of rotatable bonds is 6. The van der Waals surface area contributed by atoms with E-state index in [2.05, 4.69) is 10.3 Å².